The highest BCUT2D eigenvalue weighted by Gasteiger charge is 2.16. The molecule has 3 nitrogen and oxygen atoms in total. The lowest BCUT2D eigenvalue weighted by Gasteiger charge is -2.23. The summed E-state index contributed by atoms with van der Waals surface area (Å²) in [4.78, 5) is 14.5. The van der Waals surface area contributed by atoms with Crippen molar-refractivity contribution in [3.8, 4) is 5.75 Å². The van der Waals surface area contributed by atoms with E-state index in [0.717, 1.165) is 11.3 Å². The molecule has 0 unspecified atom stereocenters. The molecule has 0 aliphatic heterocycles. The van der Waals surface area contributed by atoms with Crippen LogP contribution in [-0.2, 0) is 11.3 Å². The Hall–Kier alpha value is -2.78. The molecule has 0 aliphatic rings. The van der Waals surface area contributed by atoms with Gasteiger partial charge in [-0.3, -0.25) is 4.79 Å². The van der Waals surface area contributed by atoms with E-state index in [9.17, 15) is 4.79 Å². The number of halogens is 1. The maximum absolute atomic E-state index is 12.8. The first-order valence-corrected chi connectivity index (χ1v) is 8.38. The van der Waals surface area contributed by atoms with Crippen molar-refractivity contribution in [1.82, 2.24) is 0 Å². The number of ether oxygens (including phenoxy) is 1. The molecule has 0 radical (unpaired) electrons. The molecule has 3 aromatic carbocycles. The third-order valence-corrected chi connectivity index (χ3v) is 3.98. The Bertz CT molecular complexity index is 804. The predicted molar refractivity (Wildman–Crippen MR) is 101 cm³/mol. The van der Waals surface area contributed by atoms with Crippen LogP contribution in [0.1, 0.15) is 5.56 Å². The first kappa shape index (κ1) is 17.1. The number of rotatable bonds is 6. The van der Waals surface area contributed by atoms with E-state index in [2.05, 4.69) is 0 Å². The van der Waals surface area contributed by atoms with Gasteiger partial charge in [-0.05, 0) is 42.0 Å². The molecule has 1 amide bonds. The van der Waals surface area contributed by atoms with Crippen LogP contribution < -0.4 is 9.64 Å². The van der Waals surface area contributed by atoms with Crippen LogP contribution in [0.4, 0.5) is 5.69 Å². The Morgan fingerprint density at radius 3 is 2.08 bits per heavy atom. The molecule has 0 fully saturated rings. The number of hydrogen-bond donors (Lipinski definition) is 0. The summed E-state index contributed by atoms with van der Waals surface area (Å²) in [7, 11) is 0. The lowest BCUT2D eigenvalue weighted by Crippen LogP contribution is -2.34. The maximum Gasteiger partial charge on any atom is 0.265 e. The van der Waals surface area contributed by atoms with E-state index in [1.54, 1.807) is 29.2 Å². The summed E-state index contributed by atoms with van der Waals surface area (Å²) < 4.78 is 5.61. The van der Waals surface area contributed by atoms with Gasteiger partial charge in [0.15, 0.2) is 6.61 Å². The highest BCUT2D eigenvalue weighted by molar-refractivity contribution is 6.30. The number of hydrogen-bond acceptors (Lipinski definition) is 2. The zero-order chi connectivity index (χ0) is 17.5. The Morgan fingerprint density at radius 2 is 1.44 bits per heavy atom. The number of anilines is 1. The van der Waals surface area contributed by atoms with E-state index < -0.39 is 0 Å². The molecule has 0 atom stereocenters. The predicted octanol–water partition coefficient (Wildman–Crippen LogP) is 4.95. The molecule has 0 heterocycles. The van der Waals surface area contributed by atoms with Crippen LogP contribution in [0.15, 0.2) is 84.9 Å². The van der Waals surface area contributed by atoms with Gasteiger partial charge in [0.1, 0.15) is 5.75 Å². The lowest BCUT2D eigenvalue weighted by atomic mass is 10.2. The first-order chi connectivity index (χ1) is 12.2. The van der Waals surface area contributed by atoms with Gasteiger partial charge >= 0.3 is 0 Å². The van der Waals surface area contributed by atoms with Crippen LogP contribution in [0.2, 0.25) is 5.02 Å². The molecule has 25 heavy (non-hydrogen) atoms. The van der Waals surface area contributed by atoms with E-state index in [1.165, 1.54) is 0 Å². The van der Waals surface area contributed by atoms with Crippen molar-refractivity contribution in [3.63, 3.8) is 0 Å². The van der Waals surface area contributed by atoms with Gasteiger partial charge in [-0.2, -0.15) is 0 Å². The summed E-state index contributed by atoms with van der Waals surface area (Å²) in [5, 5.41) is 0.633. The number of benzene rings is 3. The summed E-state index contributed by atoms with van der Waals surface area (Å²) in [6.45, 7) is 0.455. The summed E-state index contributed by atoms with van der Waals surface area (Å²) >= 11 is 5.86. The smallest absolute Gasteiger partial charge is 0.265 e. The minimum atomic E-state index is -0.106. The van der Waals surface area contributed by atoms with Gasteiger partial charge in [0.25, 0.3) is 5.91 Å². The summed E-state index contributed by atoms with van der Waals surface area (Å²) in [6.07, 6.45) is 0. The van der Waals surface area contributed by atoms with Gasteiger partial charge in [-0.1, -0.05) is 60.1 Å². The van der Waals surface area contributed by atoms with E-state index in [1.807, 2.05) is 60.7 Å². The van der Waals surface area contributed by atoms with Crippen molar-refractivity contribution in [1.29, 1.82) is 0 Å². The molecular formula is C21H18ClNO2. The topological polar surface area (TPSA) is 29.5 Å². The van der Waals surface area contributed by atoms with E-state index in [0.29, 0.717) is 17.3 Å². The van der Waals surface area contributed by atoms with Gasteiger partial charge < -0.3 is 9.64 Å². The number of amides is 1. The van der Waals surface area contributed by atoms with Crippen LogP contribution in [0, 0.1) is 0 Å². The minimum Gasteiger partial charge on any atom is -0.484 e. The molecule has 0 N–H and O–H groups in total. The maximum atomic E-state index is 12.8. The molecule has 3 aromatic rings. The van der Waals surface area contributed by atoms with E-state index in [-0.39, 0.29) is 12.5 Å². The number of para-hydroxylation sites is 1. The normalized spacial score (nSPS) is 10.3. The van der Waals surface area contributed by atoms with Crippen molar-refractivity contribution >= 4 is 23.2 Å². The van der Waals surface area contributed by atoms with Gasteiger partial charge in [0.05, 0.1) is 6.54 Å². The highest BCUT2D eigenvalue weighted by atomic mass is 35.5. The zero-order valence-electron chi connectivity index (χ0n) is 13.6. The molecule has 0 saturated heterocycles. The molecule has 0 aliphatic carbocycles. The molecule has 3 rings (SSSR count). The molecule has 4 heteroatoms. The van der Waals surface area contributed by atoms with Crippen LogP contribution in [-0.4, -0.2) is 12.5 Å². The quantitative estimate of drug-likeness (QED) is 0.628. The first-order valence-electron chi connectivity index (χ1n) is 8.00. The fourth-order valence-electron chi connectivity index (χ4n) is 2.45. The van der Waals surface area contributed by atoms with Gasteiger partial charge in [-0.25, -0.2) is 0 Å². The van der Waals surface area contributed by atoms with Crippen molar-refractivity contribution < 1.29 is 9.53 Å². The minimum absolute atomic E-state index is 0.0383. The third kappa shape index (κ3) is 4.85. The molecule has 0 saturated carbocycles. The fraction of sp³-hybridized carbons (Fsp3) is 0.0952. The van der Waals surface area contributed by atoms with Gasteiger partial charge in [0.2, 0.25) is 0 Å². The number of carbonyl (C=O) groups is 1. The second-order valence-electron chi connectivity index (χ2n) is 5.54. The highest BCUT2D eigenvalue weighted by Crippen LogP contribution is 2.19. The van der Waals surface area contributed by atoms with Crippen LogP contribution >= 0.6 is 11.6 Å². The van der Waals surface area contributed by atoms with Gasteiger partial charge in [-0.15, -0.1) is 0 Å². The molecule has 0 bridgehead atoms. The molecule has 0 aromatic heterocycles. The van der Waals surface area contributed by atoms with E-state index >= 15 is 0 Å². The number of nitrogens with zero attached hydrogens (tertiary/aromatic N) is 1. The van der Waals surface area contributed by atoms with Crippen molar-refractivity contribution in [3.05, 3.63) is 95.5 Å². The SMILES string of the molecule is O=C(COc1ccc(Cl)cc1)N(Cc1ccccc1)c1ccccc1. The fourth-order valence-corrected chi connectivity index (χ4v) is 2.58. The van der Waals surface area contributed by atoms with Gasteiger partial charge in [0, 0.05) is 10.7 Å². The average Bonchev–Trinajstić information content (AvgIpc) is 2.67. The summed E-state index contributed by atoms with van der Waals surface area (Å²) in [5.74, 6) is 0.510. The molecule has 126 valence electrons. The van der Waals surface area contributed by atoms with Crippen LogP contribution in [0.3, 0.4) is 0 Å². The van der Waals surface area contributed by atoms with Crippen molar-refractivity contribution in [2.24, 2.45) is 0 Å². The zero-order valence-corrected chi connectivity index (χ0v) is 14.4. The van der Waals surface area contributed by atoms with Crippen LogP contribution in [0.25, 0.3) is 0 Å². The summed E-state index contributed by atoms with van der Waals surface area (Å²) in [6, 6.07) is 26.5. The monoisotopic (exact) mass is 351 g/mol. The Labute approximate surface area is 152 Å². The Kier molecular flexibility index (Phi) is 5.70. The average molecular weight is 352 g/mol. The third-order valence-electron chi connectivity index (χ3n) is 3.73. The van der Waals surface area contributed by atoms with Crippen LogP contribution in [0.5, 0.6) is 5.75 Å². The second-order valence-corrected chi connectivity index (χ2v) is 5.98. The Balaban J connectivity index is 1.74. The Morgan fingerprint density at radius 1 is 0.840 bits per heavy atom. The second kappa shape index (κ2) is 8.36. The molecule has 0 spiro atoms. The van der Waals surface area contributed by atoms with Crippen molar-refractivity contribution in [2.75, 3.05) is 11.5 Å². The largest absolute Gasteiger partial charge is 0.484 e. The number of carbonyl (C=O) groups excluding carboxylic acids is 1. The standard InChI is InChI=1S/C21H18ClNO2/c22-18-11-13-20(14-12-18)25-16-21(24)23(19-9-5-2-6-10-19)15-17-7-3-1-4-8-17/h1-14H,15-16H2. The van der Waals surface area contributed by atoms with E-state index in [4.69, 9.17) is 16.3 Å². The summed E-state index contributed by atoms with van der Waals surface area (Å²) in [5.41, 5.74) is 1.90. The lowest BCUT2D eigenvalue weighted by molar-refractivity contribution is -0.120. The molecular weight excluding hydrogens is 334 g/mol. The van der Waals surface area contributed by atoms with Crippen molar-refractivity contribution in [2.45, 2.75) is 6.54 Å².